The SMILES string of the molecule is CCN1CC(CC(C)C)NC1=NCc1ccc2ccccc2c1. The van der Waals surface area contributed by atoms with Crippen molar-refractivity contribution in [3.05, 3.63) is 48.0 Å². The van der Waals surface area contributed by atoms with Gasteiger partial charge in [-0.1, -0.05) is 50.2 Å². The fourth-order valence-electron chi connectivity index (χ4n) is 3.30. The molecule has 3 rings (SSSR count). The Balaban J connectivity index is 1.72. The lowest BCUT2D eigenvalue weighted by molar-refractivity contribution is 0.410. The highest BCUT2D eigenvalue weighted by Crippen LogP contribution is 2.17. The first-order valence-electron chi connectivity index (χ1n) is 8.69. The number of benzene rings is 2. The largest absolute Gasteiger partial charge is 0.352 e. The number of hydrogen-bond donors (Lipinski definition) is 1. The molecule has 0 aliphatic carbocycles. The first-order valence-corrected chi connectivity index (χ1v) is 8.69. The molecule has 122 valence electrons. The number of rotatable bonds is 5. The zero-order valence-electron chi connectivity index (χ0n) is 14.4. The Kier molecular flexibility index (Phi) is 4.85. The van der Waals surface area contributed by atoms with Gasteiger partial charge in [0, 0.05) is 19.1 Å². The van der Waals surface area contributed by atoms with E-state index in [1.165, 1.54) is 22.8 Å². The molecule has 1 saturated heterocycles. The van der Waals surface area contributed by atoms with E-state index in [0.717, 1.165) is 25.6 Å². The topological polar surface area (TPSA) is 27.6 Å². The maximum Gasteiger partial charge on any atom is 0.194 e. The summed E-state index contributed by atoms with van der Waals surface area (Å²) in [6.45, 7) is 9.58. The van der Waals surface area contributed by atoms with Gasteiger partial charge in [-0.15, -0.1) is 0 Å². The highest BCUT2D eigenvalue weighted by Gasteiger charge is 2.25. The average molecular weight is 309 g/mol. The van der Waals surface area contributed by atoms with E-state index in [9.17, 15) is 0 Å². The summed E-state index contributed by atoms with van der Waals surface area (Å²) in [6, 6.07) is 15.6. The van der Waals surface area contributed by atoms with Crippen LogP contribution in [0.2, 0.25) is 0 Å². The van der Waals surface area contributed by atoms with Crippen molar-refractivity contribution in [1.82, 2.24) is 10.2 Å². The average Bonchev–Trinajstić information content (AvgIpc) is 2.93. The van der Waals surface area contributed by atoms with Crippen LogP contribution in [0.25, 0.3) is 10.8 Å². The summed E-state index contributed by atoms with van der Waals surface area (Å²) in [5, 5.41) is 6.18. The third-order valence-electron chi connectivity index (χ3n) is 4.44. The Labute approximate surface area is 139 Å². The summed E-state index contributed by atoms with van der Waals surface area (Å²) in [7, 11) is 0. The van der Waals surface area contributed by atoms with Crippen LogP contribution in [0.15, 0.2) is 47.5 Å². The Morgan fingerprint density at radius 2 is 1.96 bits per heavy atom. The Hall–Kier alpha value is -2.03. The molecule has 3 nitrogen and oxygen atoms in total. The molecule has 0 radical (unpaired) electrons. The van der Waals surface area contributed by atoms with Crippen LogP contribution < -0.4 is 5.32 Å². The first-order chi connectivity index (χ1) is 11.2. The third kappa shape index (κ3) is 3.84. The molecule has 23 heavy (non-hydrogen) atoms. The number of hydrogen-bond acceptors (Lipinski definition) is 1. The smallest absolute Gasteiger partial charge is 0.194 e. The van der Waals surface area contributed by atoms with Gasteiger partial charge in [-0.25, -0.2) is 4.99 Å². The standard InChI is InChI=1S/C20H27N3/c1-4-23-14-19(11-15(2)3)22-20(23)21-13-16-9-10-17-7-5-6-8-18(17)12-16/h5-10,12,15,19H,4,11,13-14H2,1-3H3,(H,21,22). The van der Waals surface area contributed by atoms with Gasteiger partial charge in [0.1, 0.15) is 0 Å². The van der Waals surface area contributed by atoms with Crippen molar-refractivity contribution >= 4 is 16.7 Å². The third-order valence-corrected chi connectivity index (χ3v) is 4.44. The monoisotopic (exact) mass is 309 g/mol. The van der Waals surface area contributed by atoms with Crippen LogP contribution in [0.1, 0.15) is 32.8 Å². The van der Waals surface area contributed by atoms with E-state index in [4.69, 9.17) is 4.99 Å². The molecule has 1 atom stereocenters. The first kappa shape index (κ1) is 15.9. The molecule has 1 fully saturated rings. The number of nitrogens with zero attached hydrogens (tertiary/aromatic N) is 2. The van der Waals surface area contributed by atoms with Crippen LogP contribution in [0, 0.1) is 5.92 Å². The number of aliphatic imine (C=N–C) groups is 1. The van der Waals surface area contributed by atoms with Gasteiger partial charge in [-0.05, 0) is 41.7 Å². The molecular formula is C20H27N3. The van der Waals surface area contributed by atoms with E-state index in [1.54, 1.807) is 0 Å². The second-order valence-corrected chi connectivity index (χ2v) is 6.83. The van der Waals surface area contributed by atoms with Crippen molar-refractivity contribution in [1.29, 1.82) is 0 Å². The molecule has 1 unspecified atom stereocenters. The van der Waals surface area contributed by atoms with Gasteiger partial charge in [0.05, 0.1) is 6.54 Å². The van der Waals surface area contributed by atoms with Gasteiger partial charge in [-0.2, -0.15) is 0 Å². The second-order valence-electron chi connectivity index (χ2n) is 6.83. The van der Waals surface area contributed by atoms with Crippen molar-refractivity contribution in [2.24, 2.45) is 10.9 Å². The van der Waals surface area contributed by atoms with Crippen LogP contribution in [0.3, 0.4) is 0 Å². The van der Waals surface area contributed by atoms with Crippen LogP contribution >= 0.6 is 0 Å². The van der Waals surface area contributed by atoms with E-state index in [0.29, 0.717) is 12.0 Å². The Morgan fingerprint density at radius 3 is 2.70 bits per heavy atom. The lowest BCUT2D eigenvalue weighted by atomic mass is 10.0. The molecule has 0 spiro atoms. The summed E-state index contributed by atoms with van der Waals surface area (Å²) < 4.78 is 0. The van der Waals surface area contributed by atoms with Gasteiger partial charge in [0.25, 0.3) is 0 Å². The Morgan fingerprint density at radius 1 is 1.17 bits per heavy atom. The molecule has 3 heteroatoms. The minimum absolute atomic E-state index is 0.533. The van der Waals surface area contributed by atoms with Gasteiger partial charge in [0.2, 0.25) is 0 Å². The second kappa shape index (κ2) is 7.03. The van der Waals surface area contributed by atoms with Gasteiger partial charge in [-0.3, -0.25) is 0 Å². The molecule has 1 aliphatic rings. The van der Waals surface area contributed by atoms with Crippen molar-refractivity contribution in [3.8, 4) is 0 Å². The summed E-state index contributed by atoms with van der Waals surface area (Å²) >= 11 is 0. The van der Waals surface area contributed by atoms with Gasteiger partial charge in [0.15, 0.2) is 5.96 Å². The summed E-state index contributed by atoms with van der Waals surface area (Å²) in [5.74, 6) is 1.78. The van der Waals surface area contributed by atoms with E-state index in [2.05, 4.69) is 73.5 Å². The molecule has 0 bridgehead atoms. The molecule has 0 saturated carbocycles. The number of fused-ring (bicyclic) bond motifs is 1. The normalized spacial score (nSPS) is 19.7. The fourth-order valence-corrected chi connectivity index (χ4v) is 3.30. The van der Waals surface area contributed by atoms with Crippen molar-refractivity contribution < 1.29 is 0 Å². The lowest BCUT2D eigenvalue weighted by Gasteiger charge is -2.14. The lowest BCUT2D eigenvalue weighted by Crippen LogP contribution is -2.31. The molecule has 1 N–H and O–H groups in total. The molecule has 1 heterocycles. The molecule has 0 aromatic heterocycles. The van der Waals surface area contributed by atoms with Crippen LogP contribution in [-0.2, 0) is 6.54 Å². The van der Waals surface area contributed by atoms with E-state index >= 15 is 0 Å². The predicted molar refractivity (Wildman–Crippen MR) is 98.7 cm³/mol. The van der Waals surface area contributed by atoms with Gasteiger partial charge < -0.3 is 10.2 Å². The van der Waals surface area contributed by atoms with Crippen LogP contribution in [0.5, 0.6) is 0 Å². The number of guanidine groups is 1. The fraction of sp³-hybridized carbons (Fsp3) is 0.450. The minimum atomic E-state index is 0.533. The van der Waals surface area contributed by atoms with E-state index < -0.39 is 0 Å². The van der Waals surface area contributed by atoms with E-state index in [-0.39, 0.29) is 0 Å². The van der Waals surface area contributed by atoms with Crippen LogP contribution in [0.4, 0.5) is 0 Å². The number of likely N-dealkylation sites (N-methyl/N-ethyl adjacent to an activating group) is 1. The highest BCUT2D eigenvalue weighted by atomic mass is 15.4. The van der Waals surface area contributed by atoms with Crippen molar-refractivity contribution in [2.75, 3.05) is 13.1 Å². The molecule has 2 aromatic rings. The zero-order chi connectivity index (χ0) is 16.2. The van der Waals surface area contributed by atoms with Gasteiger partial charge >= 0.3 is 0 Å². The maximum atomic E-state index is 4.84. The predicted octanol–water partition coefficient (Wildman–Crippen LogP) is 4.04. The highest BCUT2D eigenvalue weighted by molar-refractivity contribution is 5.84. The summed E-state index contributed by atoms with van der Waals surface area (Å²) in [5.41, 5.74) is 1.27. The van der Waals surface area contributed by atoms with Crippen molar-refractivity contribution in [2.45, 2.75) is 39.8 Å². The summed E-state index contributed by atoms with van der Waals surface area (Å²) in [6.07, 6.45) is 1.20. The minimum Gasteiger partial charge on any atom is -0.352 e. The maximum absolute atomic E-state index is 4.84. The van der Waals surface area contributed by atoms with Crippen LogP contribution in [-0.4, -0.2) is 30.0 Å². The van der Waals surface area contributed by atoms with Crippen molar-refractivity contribution in [3.63, 3.8) is 0 Å². The quantitative estimate of drug-likeness (QED) is 0.903. The number of nitrogens with one attached hydrogen (secondary N) is 1. The zero-order valence-corrected chi connectivity index (χ0v) is 14.4. The molecular weight excluding hydrogens is 282 g/mol. The molecule has 0 amide bonds. The summed E-state index contributed by atoms with van der Waals surface area (Å²) in [4.78, 5) is 7.20. The molecule has 2 aromatic carbocycles. The Bertz CT molecular complexity index is 690. The molecule has 1 aliphatic heterocycles. The van der Waals surface area contributed by atoms with E-state index in [1.807, 2.05) is 0 Å².